The third kappa shape index (κ3) is 5.03. The molecule has 0 unspecified atom stereocenters. The standard InChI is InChI=1S/C22H27N3O3/c1-4-27-19-7-6-17(13-20(19)28-5-2)8-10-23-22(26)14-18-15-25-11-9-16(3)12-21(25)24-18/h6-7,9,11-13,15H,4-5,8,10,14H2,1-3H3,(H,23,26). The van der Waals surface area contributed by atoms with E-state index in [1.807, 2.05) is 67.9 Å². The molecule has 3 aromatic rings. The number of nitrogens with one attached hydrogen (secondary N) is 1. The number of ether oxygens (including phenoxy) is 2. The van der Waals surface area contributed by atoms with Crippen LogP contribution in [0.1, 0.15) is 30.7 Å². The van der Waals surface area contributed by atoms with Gasteiger partial charge in [-0.15, -0.1) is 0 Å². The molecule has 0 aliphatic heterocycles. The first kappa shape index (κ1) is 19.7. The summed E-state index contributed by atoms with van der Waals surface area (Å²) in [6.45, 7) is 7.66. The Hall–Kier alpha value is -3.02. The summed E-state index contributed by atoms with van der Waals surface area (Å²) in [6, 6.07) is 9.93. The van der Waals surface area contributed by atoms with E-state index in [9.17, 15) is 4.79 Å². The van der Waals surface area contributed by atoms with E-state index < -0.39 is 0 Å². The third-order valence-corrected chi connectivity index (χ3v) is 4.35. The van der Waals surface area contributed by atoms with E-state index in [-0.39, 0.29) is 12.3 Å². The number of carbonyl (C=O) groups excluding carboxylic acids is 1. The molecule has 0 bridgehead atoms. The highest BCUT2D eigenvalue weighted by atomic mass is 16.5. The van der Waals surface area contributed by atoms with E-state index in [1.165, 1.54) is 0 Å². The normalized spacial score (nSPS) is 10.8. The summed E-state index contributed by atoms with van der Waals surface area (Å²) < 4.78 is 13.2. The highest BCUT2D eigenvalue weighted by Crippen LogP contribution is 2.28. The molecule has 0 aliphatic carbocycles. The smallest absolute Gasteiger partial charge is 0.226 e. The Kier molecular flexibility index (Phi) is 6.53. The van der Waals surface area contributed by atoms with Crippen molar-refractivity contribution in [1.82, 2.24) is 14.7 Å². The number of rotatable bonds is 9. The van der Waals surface area contributed by atoms with Gasteiger partial charge in [-0.1, -0.05) is 6.07 Å². The number of aryl methyl sites for hydroxylation is 1. The molecule has 28 heavy (non-hydrogen) atoms. The van der Waals surface area contributed by atoms with Gasteiger partial charge in [0.2, 0.25) is 5.91 Å². The van der Waals surface area contributed by atoms with Crippen LogP contribution in [0.15, 0.2) is 42.7 Å². The van der Waals surface area contributed by atoms with Crippen LogP contribution in [0.4, 0.5) is 0 Å². The van der Waals surface area contributed by atoms with Crippen LogP contribution < -0.4 is 14.8 Å². The van der Waals surface area contributed by atoms with Gasteiger partial charge in [-0.25, -0.2) is 4.98 Å². The van der Waals surface area contributed by atoms with Crippen molar-refractivity contribution in [3.8, 4) is 11.5 Å². The number of amides is 1. The molecular formula is C22H27N3O3. The summed E-state index contributed by atoms with van der Waals surface area (Å²) in [7, 11) is 0. The first-order valence-corrected chi connectivity index (χ1v) is 9.68. The minimum absolute atomic E-state index is 0.0314. The lowest BCUT2D eigenvalue weighted by atomic mass is 10.1. The Morgan fingerprint density at radius 2 is 1.89 bits per heavy atom. The number of carbonyl (C=O) groups is 1. The second-order valence-corrected chi connectivity index (χ2v) is 6.63. The maximum atomic E-state index is 12.3. The Balaban J connectivity index is 1.53. The van der Waals surface area contributed by atoms with Crippen LogP contribution in [0.5, 0.6) is 11.5 Å². The Bertz CT molecular complexity index is 949. The molecule has 0 aliphatic rings. The fourth-order valence-corrected chi connectivity index (χ4v) is 3.05. The maximum absolute atomic E-state index is 12.3. The number of aromatic nitrogens is 2. The average Bonchev–Trinajstić information content (AvgIpc) is 3.05. The minimum atomic E-state index is -0.0314. The van der Waals surface area contributed by atoms with Crippen LogP contribution >= 0.6 is 0 Å². The molecule has 1 aromatic carbocycles. The second kappa shape index (κ2) is 9.26. The molecule has 0 radical (unpaired) electrons. The molecule has 0 fully saturated rings. The molecule has 0 spiro atoms. The van der Waals surface area contributed by atoms with Crippen molar-refractivity contribution in [1.29, 1.82) is 0 Å². The van der Waals surface area contributed by atoms with Gasteiger partial charge in [-0.05, 0) is 62.6 Å². The highest BCUT2D eigenvalue weighted by Gasteiger charge is 2.09. The van der Waals surface area contributed by atoms with Crippen LogP contribution in [0.3, 0.4) is 0 Å². The largest absolute Gasteiger partial charge is 0.490 e. The monoisotopic (exact) mass is 381 g/mol. The van der Waals surface area contributed by atoms with Crippen molar-refractivity contribution in [2.24, 2.45) is 0 Å². The lowest BCUT2D eigenvalue weighted by Crippen LogP contribution is -2.27. The van der Waals surface area contributed by atoms with Gasteiger partial charge in [-0.3, -0.25) is 4.79 Å². The summed E-state index contributed by atoms with van der Waals surface area (Å²) in [4.78, 5) is 16.8. The van der Waals surface area contributed by atoms with Crippen molar-refractivity contribution in [2.75, 3.05) is 19.8 Å². The molecule has 2 heterocycles. The van der Waals surface area contributed by atoms with Crippen molar-refractivity contribution >= 4 is 11.6 Å². The summed E-state index contributed by atoms with van der Waals surface area (Å²) in [6.07, 6.45) is 4.85. The molecule has 0 saturated heterocycles. The summed E-state index contributed by atoms with van der Waals surface area (Å²) in [5.74, 6) is 1.46. The number of pyridine rings is 1. The average molecular weight is 381 g/mol. The molecule has 2 aromatic heterocycles. The molecule has 6 nitrogen and oxygen atoms in total. The van der Waals surface area contributed by atoms with Gasteiger partial charge in [-0.2, -0.15) is 0 Å². The lowest BCUT2D eigenvalue weighted by Gasteiger charge is -2.12. The van der Waals surface area contributed by atoms with E-state index in [4.69, 9.17) is 9.47 Å². The number of imidazole rings is 1. The Morgan fingerprint density at radius 1 is 1.11 bits per heavy atom. The van der Waals surface area contributed by atoms with Crippen LogP contribution in [-0.2, 0) is 17.6 Å². The predicted molar refractivity (Wildman–Crippen MR) is 109 cm³/mol. The van der Waals surface area contributed by atoms with Crippen molar-refractivity contribution < 1.29 is 14.3 Å². The van der Waals surface area contributed by atoms with Crippen LogP contribution in [-0.4, -0.2) is 35.1 Å². The van der Waals surface area contributed by atoms with Gasteiger partial charge in [0.15, 0.2) is 11.5 Å². The quantitative estimate of drug-likeness (QED) is 0.617. The topological polar surface area (TPSA) is 64.9 Å². The summed E-state index contributed by atoms with van der Waals surface area (Å²) >= 11 is 0. The van der Waals surface area contributed by atoms with Crippen molar-refractivity contribution in [3.05, 3.63) is 59.5 Å². The van der Waals surface area contributed by atoms with Crippen LogP contribution in [0, 0.1) is 6.92 Å². The van der Waals surface area contributed by atoms with E-state index in [2.05, 4.69) is 10.3 Å². The van der Waals surface area contributed by atoms with Gasteiger partial charge in [0.25, 0.3) is 0 Å². The van der Waals surface area contributed by atoms with E-state index >= 15 is 0 Å². The fourth-order valence-electron chi connectivity index (χ4n) is 3.05. The molecular weight excluding hydrogens is 354 g/mol. The lowest BCUT2D eigenvalue weighted by molar-refractivity contribution is -0.120. The number of hydrogen-bond donors (Lipinski definition) is 1. The zero-order valence-electron chi connectivity index (χ0n) is 16.7. The molecule has 148 valence electrons. The zero-order chi connectivity index (χ0) is 19.9. The molecule has 1 N–H and O–H groups in total. The molecule has 0 saturated carbocycles. The first-order chi connectivity index (χ1) is 13.6. The first-order valence-electron chi connectivity index (χ1n) is 9.68. The fraction of sp³-hybridized carbons (Fsp3) is 0.364. The predicted octanol–water partition coefficient (Wildman–Crippen LogP) is 3.34. The Labute approximate surface area is 165 Å². The maximum Gasteiger partial charge on any atom is 0.226 e. The Morgan fingerprint density at radius 3 is 2.68 bits per heavy atom. The SMILES string of the molecule is CCOc1ccc(CCNC(=O)Cc2cn3ccc(C)cc3n2)cc1OCC. The van der Waals surface area contributed by atoms with Crippen molar-refractivity contribution in [2.45, 2.75) is 33.6 Å². The molecule has 6 heteroatoms. The van der Waals surface area contributed by atoms with Crippen LogP contribution in [0.25, 0.3) is 5.65 Å². The molecule has 1 amide bonds. The van der Waals surface area contributed by atoms with Crippen molar-refractivity contribution in [3.63, 3.8) is 0 Å². The third-order valence-electron chi connectivity index (χ3n) is 4.35. The van der Waals surface area contributed by atoms with Gasteiger partial charge >= 0.3 is 0 Å². The van der Waals surface area contributed by atoms with Gasteiger partial charge in [0, 0.05) is 18.9 Å². The van der Waals surface area contributed by atoms with E-state index in [1.54, 1.807) is 0 Å². The number of benzene rings is 1. The molecule has 3 rings (SSSR count). The second-order valence-electron chi connectivity index (χ2n) is 6.63. The summed E-state index contributed by atoms with van der Waals surface area (Å²) in [5.41, 5.74) is 3.87. The summed E-state index contributed by atoms with van der Waals surface area (Å²) in [5, 5.41) is 2.97. The van der Waals surface area contributed by atoms with Gasteiger partial charge in [0.05, 0.1) is 25.3 Å². The van der Waals surface area contributed by atoms with Gasteiger partial charge in [0.1, 0.15) is 5.65 Å². The van der Waals surface area contributed by atoms with Gasteiger partial charge < -0.3 is 19.2 Å². The zero-order valence-corrected chi connectivity index (χ0v) is 16.7. The number of fused-ring (bicyclic) bond motifs is 1. The van der Waals surface area contributed by atoms with Crippen LogP contribution in [0.2, 0.25) is 0 Å². The number of nitrogens with zero attached hydrogens (tertiary/aromatic N) is 2. The van der Waals surface area contributed by atoms with E-state index in [0.717, 1.165) is 40.4 Å². The highest BCUT2D eigenvalue weighted by molar-refractivity contribution is 5.78. The van der Waals surface area contributed by atoms with E-state index in [0.29, 0.717) is 19.8 Å². The minimum Gasteiger partial charge on any atom is -0.490 e. The molecule has 0 atom stereocenters. The number of hydrogen-bond acceptors (Lipinski definition) is 4.